The molecule has 3 nitrogen and oxygen atoms in total. The highest BCUT2D eigenvalue weighted by Crippen LogP contribution is 2.26. The second kappa shape index (κ2) is 7.12. The number of carboxylic acid groups (broad SMARTS) is 1. The van der Waals surface area contributed by atoms with Crippen molar-refractivity contribution in [2.75, 3.05) is 11.4 Å². The van der Waals surface area contributed by atoms with Crippen LogP contribution in [0.2, 0.25) is 0 Å². The Morgan fingerprint density at radius 3 is 2.63 bits per heavy atom. The van der Waals surface area contributed by atoms with Crippen LogP contribution in [0.3, 0.4) is 0 Å². The van der Waals surface area contributed by atoms with Crippen LogP contribution in [-0.4, -0.2) is 23.7 Å². The van der Waals surface area contributed by atoms with Gasteiger partial charge in [0.1, 0.15) is 11.4 Å². The fraction of sp³-hybridized carbons (Fsp3) is 0.533. The standard InChI is InChI=1S/C15H22FNO2/c1-4-6-10-17(11(3)5-2)13-9-7-8-12(16)14(13)15(18)19/h7-9,11H,4-6,10H2,1-3H3,(H,18,19). The summed E-state index contributed by atoms with van der Waals surface area (Å²) in [5.41, 5.74) is 0.259. The predicted molar refractivity (Wildman–Crippen MR) is 75.4 cm³/mol. The zero-order valence-corrected chi connectivity index (χ0v) is 11.8. The first kappa shape index (κ1) is 15.5. The van der Waals surface area contributed by atoms with Crippen LogP contribution in [0.5, 0.6) is 0 Å². The van der Waals surface area contributed by atoms with E-state index in [1.165, 1.54) is 6.07 Å². The monoisotopic (exact) mass is 267 g/mol. The van der Waals surface area contributed by atoms with E-state index in [4.69, 9.17) is 0 Å². The van der Waals surface area contributed by atoms with Crippen LogP contribution in [0.1, 0.15) is 50.4 Å². The Balaban J connectivity index is 3.21. The van der Waals surface area contributed by atoms with Crippen molar-refractivity contribution in [3.05, 3.63) is 29.6 Å². The van der Waals surface area contributed by atoms with E-state index < -0.39 is 11.8 Å². The van der Waals surface area contributed by atoms with Crippen LogP contribution in [0.15, 0.2) is 18.2 Å². The maximum absolute atomic E-state index is 13.7. The first-order valence-electron chi connectivity index (χ1n) is 6.81. The molecule has 0 heterocycles. The van der Waals surface area contributed by atoms with Gasteiger partial charge in [0, 0.05) is 12.6 Å². The Morgan fingerprint density at radius 1 is 1.42 bits per heavy atom. The number of carbonyl (C=O) groups is 1. The second-order valence-corrected chi connectivity index (χ2v) is 4.74. The Kier molecular flexibility index (Phi) is 5.80. The van der Waals surface area contributed by atoms with Gasteiger partial charge in [-0.25, -0.2) is 9.18 Å². The molecular formula is C15H22FNO2. The molecule has 0 spiro atoms. The van der Waals surface area contributed by atoms with E-state index >= 15 is 0 Å². The first-order chi connectivity index (χ1) is 9.02. The number of unbranched alkanes of at least 4 members (excludes halogenated alkanes) is 1. The fourth-order valence-electron chi connectivity index (χ4n) is 2.09. The summed E-state index contributed by atoms with van der Waals surface area (Å²) in [6.07, 6.45) is 2.86. The normalized spacial score (nSPS) is 12.2. The molecule has 0 saturated heterocycles. The fourth-order valence-corrected chi connectivity index (χ4v) is 2.09. The largest absolute Gasteiger partial charge is 0.478 e. The molecule has 0 radical (unpaired) electrons. The van der Waals surface area contributed by atoms with Crippen LogP contribution >= 0.6 is 0 Å². The molecule has 0 aromatic heterocycles. The number of halogens is 1. The third-order valence-corrected chi connectivity index (χ3v) is 3.39. The van der Waals surface area contributed by atoms with Gasteiger partial charge in [-0.3, -0.25) is 0 Å². The zero-order valence-electron chi connectivity index (χ0n) is 11.8. The van der Waals surface area contributed by atoms with Crippen molar-refractivity contribution >= 4 is 11.7 Å². The molecule has 0 aliphatic heterocycles. The summed E-state index contributed by atoms with van der Waals surface area (Å²) in [5.74, 6) is -1.88. The van der Waals surface area contributed by atoms with Gasteiger partial charge in [0.15, 0.2) is 0 Å². The quantitative estimate of drug-likeness (QED) is 0.813. The maximum atomic E-state index is 13.7. The van der Waals surface area contributed by atoms with Crippen LogP contribution in [0, 0.1) is 5.82 Å². The van der Waals surface area contributed by atoms with Crippen LogP contribution in [0.25, 0.3) is 0 Å². The molecule has 19 heavy (non-hydrogen) atoms. The minimum atomic E-state index is -1.21. The van der Waals surface area contributed by atoms with E-state index in [0.29, 0.717) is 5.69 Å². The van der Waals surface area contributed by atoms with Gasteiger partial charge in [-0.05, 0) is 31.9 Å². The van der Waals surface area contributed by atoms with Crippen molar-refractivity contribution in [1.29, 1.82) is 0 Å². The Morgan fingerprint density at radius 2 is 2.11 bits per heavy atom. The van der Waals surface area contributed by atoms with E-state index in [-0.39, 0.29) is 11.6 Å². The smallest absolute Gasteiger partial charge is 0.340 e. The van der Waals surface area contributed by atoms with Crippen molar-refractivity contribution < 1.29 is 14.3 Å². The van der Waals surface area contributed by atoms with E-state index in [9.17, 15) is 14.3 Å². The predicted octanol–water partition coefficient (Wildman–Crippen LogP) is 3.93. The van der Waals surface area contributed by atoms with E-state index in [1.54, 1.807) is 12.1 Å². The number of rotatable bonds is 7. The van der Waals surface area contributed by atoms with Crippen molar-refractivity contribution in [1.82, 2.24) is 0 Å². The minimum absolute atomic E-state index is 0.187. The highest BCUT2D eigenvalue weighted by Gasteiger charge is 2.22. The number of anilines is 1. The first-order valence-corrected chi connectivity index (χ1v) is 6.81. The molecule has 1 N–H and O–H groups in total. The SMILES string of the molecule is CCCCN(c1cccc(F)c1C(=O)O)C(C)CC. The summed E-state index contributed by atoms with van der Waals surface area (Å²) in [6, 6.07) is 4.64. The second-order valence-electron chi connectivity index (χ2n) is 4.74. The molecular weight excluding hydrogens is 245 g/mol. The van der Waals surface area contributed by atoms with Gasteiger partial charge in [0.05, 0.1) is 5.69 Å². The van der Waals surface area contributed by atoms with E-state index in [0.717, 1.165) is 25.8 Å². The summed E-state index contributed by atoms with van der Waals surface area (Å²) in [5, 5.41) is 9.21. The van der Waals surface area contributed by atoms with Crippen LogP contribution in [0.4, 0.5) is 10.1 Å². The van der Waals surface area contributed by atoms with Crippen molar-refractivity contribution in [3.8, 4) is 0 Å². The number of nitrogens with zero attached hydrogens (tertiary/aromatic N) is 1. The van der Waals surface area contributed by atoms with Gasteiger partial charge < -0.3 is 10.0 Å². The molecule has 1 rings (SSSR count). The lowest BCUT2D eigenvalue weighted by molar-refractivity contribution is 0.0692. The van der Waals surface area contributed by atoms with Crippen LogP contribution in [-0.2, 0) is 0 Å². The third kappa shape index (κ3) is 3.69. The number of hydrogen-bond donors (Lipinski definition) is 1. The summed E-state index contributed by atoms with van der Waals surface area (Å²) in [7, 11) is 0. The topological polar surface area (TPSA) is 40.5 Å². The minimum Gasteiger partial charge on any atom is -0.478 e. The summed E-state index contributed by atoms with van der Waals surface area (Å²) < 4.78 is 13.7. The Bertz CT molecular complexity index is 434. The average Bonchev–Trinajstić information content (AvgIpc) is 2.38. The van der Waals surface area contributed by atoms with Crippen molar-refractivity contribution in [3.63, 3.8) is 0 Å². The van der Waals surface area contributed by atoms with Gasteiger partial charge in [-0.1, -0.05) is 26.3 Å². The third-order valence-electron chi connectivity index (χ3n) is 3.39. The molecule has 0 bridgehead atoms. The average molecular weight is 267 g/mol. The molecule has 1 aromatic carbocycles. The molecule has 1 unspecified atom stereocenters. The van der Waals surface area contributed by atoms with Crippen molar-refractivity contribution in [2.24, 2.45) is 0 Å². The summed E-state index contributed by atoms with van der Waals surface area (Å²) in [6.45, 7) is 6.91. The maximum Gasteiger partial charge on any atom is 0.340 e. The molecule has 0 fully saturated rings. The highest BCUT2D eigenvalue weighted by atomic mass is 19.1. The number of hydrogen-bond acceptors (Lipinski definition) is 2. The van der Waals surface area contributed by atoms with E-state index in [2.05, 4.69) is 6.92 Å². The Labute approximate surface area is 114 Å². The lowest BCUT2D eigenvalue weighted by Crippen LogP contribution is -2.35. The summed E-state index contributed by atoms with van der Waals surface area (Å²) in [4.78, 5) is 13.3. The molecule has 1 aromatic rings. The lowest BCUT2D eigenvalue weighted by atomic mass is 10.1. The van der Waals surface area contributed by atoms with Gasteiger partial charge in [0.2, 0.25) is 0 Å². The number of carboxylic acids is 1. The summed E-state index contributed by atoms with van der Waals surface area (Å²) >= 11 is 0. The Hall–Kier alpha value is -1.58. The van der Waals surface area contributed by atoms with Crippen LogP contribution < -0.4 is 4.90 Å². The van der Waals surface area contributed by atoms with Gasteiger partial charge in [-0.15, -0.1) is 0 Å². The van der Waals surface area contributed by atoms with Crippen molar-refractivity contribution in [2.45, 2.75) is 46.1 Å². The molecule has 1 atom stereocenters. The molecule has 0 amide bonds. The lowest BCUT2D eigenvalue weighted by Gasteiger charge is -2.32. The van der Waals surface area contributed by atoms with Gasteiger partial charge in [-0.2, -0.15) is 0 Å². The number of aromatic carboxylic acids is 1. The van der Waals surface area contributed by atoms with Gasteiger partial charge in [0.25, 0.3) is 0 Å². The zero-order chi connectivity index (χ0) is 14.4. The molecule has 0 aliphatic rings. The molecule has 106 valence electrons. The number of benzene rings is 1. The van der Waals surface area contributed by atoms with Gasteiger partial charge >= 0.3 is 5.97 Å². The molecule has 4 heteroatoms. The van der Waals surface area contributed by atoms with E-state index in [1.807, 2.05) is 18.7 Å². The highest BCUT2D eigenvalue weighted by molar-refractivity contribution is 5.94. The molecule has 0 saturated carbocycles. The molecule has 0 aliphatic carbocycles.